The van der Waals surface area contributed by atoms with Gasteiger partial charge in [-0.1, -0.05) is 11.6 Å². The van der Waals surface area contributed by atoms with Crippen LogP contribution in [0.4, 0.5) is 17.6 Å². The summed E-state index contributed by atoms with van der Waals surface area (Å²) in [6, 6.07) is 2.72. The molecule has 1 aromatic heterocycles. The maximum Gasteiger partial charge on any atom is 0.251 e. The van der Waals surface area contributed by atoms with Crippen molar-refractivity contribution >= 4 is 23.2 Å². The third-order valence-corrected chi connectivity index (χ3v) is 8.03. The summed E-state index contributed by atoms with van der Waals surface area (Å²) >= 11 is 5.84. The van der Waals surface area contributed by atoms with Crippen LogP contribution >= 0.6 is 11.6 Å². The molecule has 2 fully saturated rings. The lowest BCUT2D eigenvalue weighted by atomic mass is 9.88. The summed E-state index contributed by atoms with van der Waals surface area (Å²) in [7, 11) is 1.39. The molecule has 1 atom stereocenters. The number of pyridine rings is 1. The molecule has 5 rings (SSSR count). The van der Waals surface area contributed by atoms with Gasteiger partial charge in [0.05, 0.1) is 24.4 Å². The van der Waals surface area contributed by atoms with Gasteiger partial charge < -0.3 is 20.5 Å². The fourth-order valence-electron chi connectivity index (χ4n) is 4.89. The van der Waals surface area contributed by atoms with E-state index in [-0.39, 0.29) is 22.7 Å². The first kappa shape index (κ1) is 30.7. The van der Waals surface area contributed by atoms with Crippen molar-refractivity contribution in [1.29, 1.82) is 5.41 Å². The highest BCUT2D eigenvalue weighted by Crippen LogP contribution is 2.47. The molecular weight excluding hydrogens is 588 g/mol. The molecule has 1 amide bonds. The topological polar surface area (TPSA) is 107 Å². The second-order valence-corrected chi connectivity index (χ2v) is 12.0. The van der Waals surface area contributed by atoms with Crippen molar-refractivity contribution in [3.05, 3.63) is 87.2 Å². The first-order chi connectivity index (χ1) is 20.2. The van der Waals surface area contributed by atoms with E-state index in [1.807, 2.05) is 0 Å². The average Bonchev–Trinajstić information content (AvgIpc) is 3.86. The van der Waals surface area contributed by atoms with Crippen LogP contribution in [0.25, 0.3) is 11.3 Å². The van der Waals surface area contributed by atoms with Gasteiger partial charge in [-0.2, -0.15) is 0 Å². The average molecular weight is 619 g/mol. The maximum atomic E-state index is 15.7. The summed E-state index contributed by atoms with van der Waals surface area (Å²) in [6.07, 6.45) is 7.69. The fourth-order valence-corrected chi connectivity index (χ4v) is 5.05. The Kier molecular flexibility index (Phi) is 8.17. The highest BCUT2D eigenvalue weighted by molar-refractivity contribution is 6.31. The predicted molar refractivity (Wildman–Crippen MR) is 153 cm³/mol. The number of hydrogen-bond acceptors (Lipinski definition) is 6. The number of halogens is 5. The number of ether oxygens (including phenoxy) is 1. The minimum absolute atomic E-state index is 0.0965. The van der Waals surface area contributed by atoms with Crippen molar-refractivity contribution in [2.45, 2.75) is 56.8 Å². The van der Waals surface area contributed by atoms with Crippen LogP contribution in [-0.4, -0.2) is 41.4 Å². The molecule has 7 nitrogen and oxygen atoms in total. The number of methoxy groups -OCH3 is 1. The van der Waals surface area contributed by atoms with Crippen molar-refractivity contribution < 1.29 is 32.2 Å². The van der Waals surface area contributed by atoms with E-state index in [1.54, 1.807) is 6.20 Å². The SMILES string of the molecule is COC1=CC(C(=O)NC[C@](O)(c2cc(C(C)(C)F)c(F)c(-c3cc(Cl)c(F)cc3F)n2)C2CC2)=C/C(=C/NC2CC2)C1=N. The van der Waals surface area contributed by atoms with Gasteiger partial charge in [0.25, 0.3) is 5.91 Å². The highest BCUT2D eigenvalue weighted by atomic mass is 35.5. The smallest absolute Gasteiger partial charge is 0.251 e. The molecule has 4 N–H and O–H groups in total. The van der Waals surface area contributed by atoms with Crippen LogP contribution < -0.4 is 10.6 Å². The van der Waals surface area contributed by atoms with Gasteiger partial charge in [0, 0.05) is 40.6 Å². The lowest BCUT2D eigenvalue weighted by Crippen LogP contribution is -2.44. The fraction of sp³-hybridized carbons (Fsp3) is 0.387. The highest BCUT2D eigenvalue weighted by Gasteiger charge is 2.48. The molecular formula is C31H31ClF4N4O3. The van der Waals surface area contributed by atoms with E-state index in [2.05, 4.69) is 15.6 Å². The van der Waals surface area contributed by atoms with Crippen LogP contribution in [0.3, 0.4) is 0 Å². The number of allylic oxidation sites excluding steroid dienone is 2. The van der Waals surface area contributed by atoms with Gasteiger partial charge in [-0.25, -0.2) is 22.5 Å². The number of aromatic nitrogens is 1. The molecule has 2 saturated carbocycles. The predicted octanol–water partition coefficient (Wildman–Crippen LogP) is 5.86. The molecule has 0 radical (unpaired) electrons. The van der Waals surface area contributed by atoms with E-state index in [0.717, 1.165) is 38.8 Å². The van der Waals surface area contributed by atoms with Crippen LogP contribution in [0, 0.1) is 28.8 Å². The molecule has 0 bridgehead atoms. The van der Waals surface area contributed by atoms with E-state index < -0.39 is 68.9 Å². The quantitative estimate of drug-likeness (QED) is 0.197. The van der Waals surface area contributed by atoms with E-state index in [4.69, 9.17) is 21.7 Å². The number of carbonyl (C=O) groups is 1. The number of nitrogens with zero attached hydrogens (tertiary/aromatic N) is 1. The Morgan fingerprint density at radius 2 is 1.86 bits per heavy atom. The van der Waals surface area contributed by atoms with Crippen LogP contribution in [0.1, 0.15) is 50.8 Å². The van der Waals surface area contributed by atoms with Crippen LogP contribution in [0.15, 0.2) is 53.5 Å². The van der Waals surface area contributed by atoms with Crippen LogP contribution in [0.5, 0.6) is 0 Å². The molecule has 43 heavy (non-hydrogen) atoms. The molecule has 3 aliphatic carbocycles. The van der Waals surface area contributed by atoms with Gasteiger partial charge >= 0.3 is 0 Å². The zero-order valence-corrected chi connectivity index (χ0v) is 24.5. The normalized spacial score (nSPS) is 19.5. The third kappa shape index (κ3) is 6.33. The molecule has 0 aliphatic heterocycles. The second kappa shape index (κ2) is 11.4. The molecule has 2 aromatic rings. The van der Waals surface area contributed by atoms with Crippen molar-refractivity contribution in [1.82, 2.24) is 15.6 Å². The standard InChI is InChI=1S/C31H31ClF4N4O3/c1-30(2,36)20-11-25(40-28(26(20)35)19-10-21(32)23(34)12-22(19)33)31(42,17-4-5-17)14-39-29(41)15-8-16(13-38-18-6-7-18)27(37)24(9-15)43-3/h8-13,17-18,37-38,42H,4-7,14H2,1-3H3,(H,39,41)/b16-13-,37-27?/t31-/m1/s1. The third-order valence-electron chi connectivity index (χ3n) is 7.74. The summed E-state index contributed by atoms with van der Waals surface area (Å²) in [4.78, 5) is 17.5. The monoisotopic (exact) mass is 618 g/mol. The van der Waals surface area contributed by atoms with E-state index in [0.29, 0.717) is 30.5 Å². The van der Waals surface area contributed by atoms with Gasteiger partial charge in [0.2, 0.25) is 0 Å². The number of alkyl halides is 1. The van der Waals surface area contributed by atoms with Gasteiger partial charge in [-0.3, -0.25) is 10.2 Å². The number of aliphatic hydroxyl groups is 1. The molecule has 3 aliphatic rings. The Morgan fingerprint density at radius 1 is 1.16 bits per heavy atom. The first-order valence-electron chi connectivity index (χ1n) is 13.8. The van der Waals surface area contributed by atoms with Gasteiger partial charge in [0.15, 0.2) is 5.82 Å². The Morgan fingerprint density at radius 3 is 2.47 bits per heavy atom. The molecule has 228 valence electrons. The van der Waals surface area contributed by atoms with Crippen molar-refractivity contribution in [2.24, 2.45) is 5.92 Å². The van der Waals surface area contributed by atoms with Crippen molar-refractivity contribution in [3.63, 3.8) is 0 Å². The van der Waals surface area contributed by atoms with Crippen molar-refractivity contribution in [3.8, 4) is 11.3 Å². The number of rotatable bonds is 10. The van der Waals surface area contributed by atoms with Crippen molar-refractivity contribution in [2.75, 3.05) is 13.7 Å². The Labute approximate surface area is 251 Å². The largest absolute Gasteiger partial charge is 0.494 e. The number of amides is 1. The summed E-state index contributed by atoms with van der Waals surface area (Å²) in [5.74, 6) is -4.27. The molecule has 0 saturated heterocycles. The Hall–Kier alpha value is -3.70. The lowest BCUT2D eigenvalue weighted by Gasteiger charge is -2.30. The van der Waals surface area contributed by atoms with Gasteiger partial charge in [-0.05, 0) is 69.7 Å². The molecule has 0 spiro atoms. The number of carbonyl (C=O) groups excluding carboxylic acids is 1. The summed E-state index contributed by atoms with van der Waals surface area (Å²) in [5.41, 5.74) is -5.32. The Balaban J connectivity index is 1.50. The van der Waals surface area contributed by atoms with E-state index >= 15 is 8.78 Å². The van der Waals surface area contributed by atoms with Gasteiger partial charge in [-0.15, -0.1) is 0 Å². The zero-order valence-electron chi connectivity index (χ0n) is 23.8. The number of hydrogen-bond donors (Lipinski definition) is 4. The minimum atomic E-state index is -2.28. The van der Waals surface area contributed by atoms with E-state index in [9.17, 15) is 18.7 Å². The second-order valence-electron chi connectivity index (χ2n) is 11.5. The van der Waals surface area contributed by atoms with Crippen LogP contribution in [-0.2, 0) is 20.8 Å². The summed E-state index contributed by atoms with van der Waals surface area (Å²) in [6.45, 7) is 1.81. The first-order valence-corrected chi connectivity index (χ1v) is 14.2. The van der Waals surface area contributed by atoms with E-state index in [1.165, 1.54) is 19.3 Å². The Bertz CT molecular complexity index is 1590. The lowest BCUT2D eigenvalue weighted by molar-refractivity contribution is -0.118. The van der Waals surface area contributed by atoms with Crippen LogP contribution in [0.2, 0.25) is 5.02 Å². The molecule has 0 unspecified atom stereocenters. The minimum Gasteiger partial charge on any atom is -0.494 e. The molecule has 1 aromatic carbocycles. The molecule has 1 heterocycles. The number of benzene rings is 1. The summed E-state index contributed by atoms with van der Waals surface area (Å²) < 4.78 is 64.9. The zero-order chi connectivity index (χ0) is 31.3. The molecule has 12 heteroatoms. The van der Waals surface area contributed by atoms with Gasteiger partial charge in [0.1, 0.15) is 40.1 Å². The maximum absolute atomic E-state index is 15.7. The number of nitrogens with one attached hydrogen (secondary N) is 3. The summed E-state index contributed by atoms with van der Waals surface area (Å²) in [5, 5.41) is 25.6.